The summed E-state index contributed by atoms with van der Waals surface area (Å²) in [6, 6.07) is 9.96. The van der Waals surface area contributed by atoms with Crippen LogP contribution in [-0.4, -0.2) is 40.7 Å². The molecular weight excluding hydrogens is 356 g/mol. The molecule has 1 amide bonds. The van der Waals surface area contributed by atoms with Crippen molar-refractivity contribution in [3.8, 4) is 0 Å². The Hall–Kier alpha value is -1.66. The zero-order valence-corrected chi connectivity index (χ0v) is 14.8. The van der Waals surface area contributed by atoms with Crippen LogP contribution in [0, 0.1) is 0 Å². The van der Waals surface area contributed by atoms with E-state index >= 15 is 0 Å². The minimum Gasteiger partial charge on any atom is -0.339 e. The van der Waals surface area contributed by atoms with Gasteiger partial charge in [0.05, 0.1) is 0 Å². The van der Waals surface area contributed by atoms with Gasteiger partial charge in [-0.15, -0.1) is 0 Å². The van der Waals surface area contributed by atoms with Crippen LogP contribution < -0.4 is 5.32 Å². The Morgan fingerprint density at radius 1 is 1.35 bits per heavy atom. The van der Waals surface area contributed by atoms with Crippen LogP contribution in [0.25, 0.3) is 0 Å². The molecule has 0 atom stereocenters. The normalized spacial score (nSPS) is 17.0. The topological polar surface area (TPSA) is 50.2 Å². The molecule has 1 aromatic carbocycles. The monoisotopic (exact) mass is 376 g/mol. The van der Waals surface area contributed by atoms with Gasteiger partial charge in [0.2, 0.25) is 0 Å². The van der Waals surface area contributed by atoms with Crippen LogP contribution in [0.3, 0.4) is 0 Å². The molecule has 1 aliphatic heterocycles. The van der Waals surface area contributed by atoms with E-state index in [1.54, 1.807) is 6.20 Å². The maximum atomic E-state index is 13.2. The third kappa shape index (κ3) is 3.33. The Morgan fingerprint density at radius 2 is 2.04 bits per heavy atom. The van der Waals surface area contributed by atoms with Crippen LogP contribution >= 0.6 is 15.9 Å². The molecule has 1 aromatic heterocycles. The molecule has 1 aliphatic rings. The van der Waals surface area contributed by atoms with Crippen LogP contribution in [-0.2, 0) is 16.9 Å². The van der Waals surface area contributed by atoms with Crippen molar-refractivity contribution in [3.05, 3.63) is 52.8 Å². The van der Waals surface area contributed by atoms with Gasteiger partial charge in [0.15, 0.2) is 0 Å². The van der Waals surface area contributed by atoms with E-state index in [-0.39, 0.29) is 5.91 Å². The van der Waals surface area contributed by atoms with Crippen molar-refractivity contribution in [1.82, 2.24) is 20.0 Å². The molecule has 6 heteroatoms. The van der Waals surface area contributed by atoms with Crippen LogP contribution in [0.5, 0.6) is 0 Å². The Morgan fingerprint density at radius 3 is 2.65 bits per heavy atom. The molecule has 1 fully saturated rings. The zero-order valence-electron chi connectivity index (χ0n) is 13.2. The van der Waals surface area contributed by atoms with Crippen molar-refractivity contribution in [2.24, 2.45) is 0 Å². The van der Waals surface area contributed by atoms with Crippen LogP contribution in [0.2, 0.25) is 0 Å². The van der Waals surface area contributed by atoms with E-state index in [1.165, 1.54) is 0 Å². The first-order valence-corrected chi connectivity index (χ1v) is 8.62. The van der Waals surface area contributed by atoms with Crippen molar-refractivity contribution in [2.75, 3.05) is 20.1 Å². The third-order valence-corrected chi connectivity index (χ3v) is 4.98. The number of aromatic nitrogens is 2. The predicted octanol–water partition coefficient (Wildman–Crippen LogP) is 2.38. The standard InChI is InChI=1S/C17H21BrN4O/c1-21(13-14-3-5-15(18)6-4-14)16(23)17(7-10-19-11-8-17)22-12-2-9-20-22/h2-6,9,12,19H,7-8,10-11,13H2,1H3. The van der Waals surface area contributed by atoms with E-state index in [9.17, 15) is 4.79 Å². The van der Waals surface area contributed by atoms with E-state index in [4.69, 9.17) is 0 Å². The molecule has 0 saturated carbocycles. The van der Waals surface area contributed by atoms with Crippen molar-refractivity contribution in [3.63, 3.8) is 0 Å². The number of halogens is 1. The minimum absolute atomic E-state index is 0.130. The number of nitrogens with one attached hydrogen (secondary N) is 1. The molecule has 0 aliphatic carbocycles. The Bertz CT molecular complexity index is 648. The van der Waals surface area contributed by atoms with Gasteiger partial charge < -0.3 is 10.2 Å². The molecule has 3 rings (SSSR count). The number of rotatable bonds is 4. The maximum absolute atomic E-state index is 13.2. The zero-order chi connectivity index (χ0) is 16.3. The second-order valence-electron chi connectivity index (χ2n) is 6.02. The molecule has 1 saturated heterocycles. The van der Waals surface area contributed by atoms with E-state index in [0.29, 0.717) is 6.54 Å². The Kier molecular flexibility index (Phi) is 4.82. The first kappa shape index (κ1) is 16.2. The van der Waals surface area contributed by atoms with Crippen molar-refractivity contribution < 1.29 is 4.79 Å². The second-order valence-corrected chi connectivity index (χ2v) is 6.94. The quantitative estimate of drug-likeness (QED) is 0.890. The highest BCUT2D eigenvalue weighted by Gasteiger charge is 2.43. The second kappa shape index (κ2) is 6.84. The average Bonchev–Trinajstić information content (AvgIpc) is 3.12. The molecule has 23 heavy (non-hydrogen) atoms. The fourth-order valence-corrected chi connectivity index (χ4v) is 3.46. The molecule has 122 valence electrons. The molecule has 5 nitrogen and oxygen atoms in total. The first-order valence-electron chi connectivity index (χ1n) is 7.83. The van der Waals surface area contributed by atoms with Gasteiger partial charge in [-0.1, -0.05) is 28.1 Å². The van der Waals surface area contributed by atoms with Crippen molar-refractivity contribution in [1.29, 1.82) is 0 Å². The van der Waals surface area contributed by atoms with E-state index in [0.717, 1.165) is 36.0 Å². The first-order chi connectivity index (χ1) is 11.1. The number of hydrogen-bond donors (Lipinski definition) is 1. The minimum atomic E-state index is -0.571. The molecule has 2 aromatic rings. The summed E-state index contributed by atoms with van der Waals surface area (Å²) in [4.78, 5) is 15.0. The summed E-state index contributed by atoms with van der Waals surface area (Å²) in [6.45, 7) is 2.26. The maximum Gasteiger partial charge on any atom is 0.250 e. The third-order valence-electron chi connectivity index (χ3n) is 4.45. The fraction of sp³-hybridized carbons (Fsp3) is 0.412. The van der Waals surface area contributed by atoms with Crippen LogP contribution in [0.4, 0.5) is 0 Å². The number of carbonyl (C=O) groups excluding carboxylic acids is 1. The number of carbonyl (C=O) groups is 1. The molecule has 1 N–H and O–H groups in total. The van der Waals surface area contributed by atoms with Gasteiger partial charge in [-0.25, -0.2) is 0 Å². The molecule has 0 radical (unpaired) electrons. The number of likely N-dealkylation sites (N-methyl/N-ethyl adjacent to an activating group) is 1. The fourth-order valence-electron chi connectivity index (χ4n) is 3.19. The molecular formula is C17H21BrN4O. The van der Waals surface area contributed by atoms with E-state index in [1.807, 2.05) is 53.2 Å². The van der Waals surface area contributed by atoms with Gasteiger partial charge >= 0.3 is 0 Å². The van der Waals surface area contributed by atoms with Crippen LogP contribution in [0.15, 0.2) is 47.2 Å². The van der Waals surface area contributed by atoms with E-state index in [2.05, 4.69) is 26.3 Å². The highest BCUT2D eigenvalue weighted by molar-refractivity contribution is 9.10. The van der Waals surface area contributed by atoms with Crippen LogP contribution in [0.1, 0.15) is 18.4 Å². The lowest BCUT2D eigenvalue weighted by Gasteiger charge is -2.39. The average molecular weight is 377 g/mol. The molecule has 2 heterocycles. The van der Waals surface area contributed by atoms with Gasteiger partial charge in [0.1, 0.15) is 5.54 Å². The number of hydrogen-bond acceptors (Lipinski definition) is 3. The predicted molar refractivity (Wildman–Crippen MR) is 92.9 cm³/mol. The van der Waals surface area contributed by atoms with Gasteiger partial charge in [-0.3, -0.25) is 9.48 Å². The summed E-state index contributed by atoms with van der Waals surface area (Å²) in [7, 11) is 1.87. The number of nitrogens with zero attached hydrogens (tertiary/aromatic N) is 3. The lowest BCUT2D eigenvalue weighted by molar-refractivity contribution is -0.142. The summed E-state index contributed by atoms with van der Waals surface area (Å²) in [5, 5.41) is 7.70. The highest BCUT2D eigenvalue weighted by Crippen LogP contribution is 2.29. The Labute approximate surface area is 144 Å². The summed E-state index contributed by atoms with van der Waals surface area (Å²) in [5.41, 5.74) is 0.549. The highest BCUT2D eigenvalue weighted by atomic mass is 79.9. The molecule has 0 bridgehead atoms. The van der Waals surface area contributed by atoms with Crippen molar-refractivity contribution >= 4 is 21.8 Å². The lowest BCUT2D eigenvalue weighted by atomic mass is 9.86. The smallest absolute Gasteiger partial charge is 0.250 e. The van der Waals surface area contributed by atoms with Gasteiger partial charge in [-0.2, -0.15) is 5.10 Å². The molecule has 0 unspecified atom stereocenters. The van der Waals surface area contributed by atoms with Gasteiger partial charge in [0, 0.05) is 30.5 Å². The van der Waals surface area contributed by atoms with E-state index < -0.39 is 5.54 Å². The van der Waals surface area contributed by atoms with Crippen molar-refractivity contribution in [2.45, 2.75) is 24.9 Å². The SMILES string of the molecule is CN(Cc1ccc(Br)cc1)C(=O)C1(n2cccn2)CCNCC1. The van der Waals surface area contributed by atoms with Gasteiger partial charge in [-0.05, 0) is 49.7 Å². The number of amides is 1. The summed E-state index contributed by atoms with van der Waals surface area (Å²) < 4.78 is 2.88. The number of benzene rings is 1. The Balaban J connectivity index is 1.81. The summed E-state index contributed by atoms with van der Waals surface area (Å²) in [5.74, 6) is 0.130. The molecule has 0 spiro atoms. The summed E-state index contributed by atoms with van der Waals surface area (Å²) >= 11 is 3.44. The summed E-state index contributed by atoms with van der Waals surface area (Å²) in [6.07, 6.45) is 5.17. The van der Waals surface area contributed by atoms with Gasteiger partial charge in [0.25, 0.3) is 5.91 Å². The number of piperidine rings is 1. The largest absolute Gasteiger partial charge is 0.339 e. The lowest BCUT2D eigenvalue weighted by Crippen LogP contribution is -2.54.